The van der Waals surface area contributed by atoms with Crippen molar-refractivity contribution in [3.8, 4) is 6.07 Å². The Morgan fingerprint density at radius 1 is 1.23 bits per heavy atom. The monoisotopic (exact) mass is 439 g/mol. The second kappa shape index (κ2) is 9.17. The van der Waals surface area contributed by atoms with Crippen LogP contribution in [0.5, 0.6) is 0 Å². The average Bonchev–Trinajstić information content (AvgIpc) is 3.00. The molecule has 1 heterocycles. The first kappa shape index (κ1) is 23.2. The highest BCUT2D eigenvalue weighted by Crippen LogP contribution is 2.39. The first-order valence-electron chi connectivity index (χ1n) is 8.90. The van der Waals surface area contributed by atoms with Crippen LogP contribution in [0, 0.1) is 18.3 Å². The minimum Gasteiger partial charge on any atom is -0.466 e. The summed E-state index contributed by atoms with van der Waals surface area (Å²) in [7, 11) is 0.788. The Morgan fingerprint density at radius 3 is 2.37 bits per heavy atom. The van der Waals surface area contributed by atoms with Gasteiger partial charge in [0, 0.05) is 4.88 Å². The van der Waals surface area contributed by atoms with Crippen molar-refractivity contribution >= 4 is 28.2 Å². The number of benzene rings is 1. The standard InChI is InChI=1S/C20H20F3N3O3S/c1-4-14-12(2)30-17(15(14)11-24)26-19(18(28)29-3,20(21,22)23)25-16(27)10-13-8-6-5-7-9-13/h5-9,26H,4,10H2,1-3H3,(H,25,27). The van der Waals surface area contributed by atoms with Crippen LogP contribution >= 0.6 is 11.3 Å². The number of anilines is 1. The molecular weight excluding hydrogens is 419 g/mol. The number of methoxy groups -OCH3 is 1. The van der Waals surface area contributed by atoms with Crippen LogP contribution in [0.3, 0.4) is 0 Å². The Hall–Kier alpha value is -3.06. The maximum absolute atomic E-state index is 14.2. The number of nitriles is 1. The van der Waals surface area contributed by atoms with Gasteiger partial charge in [-0.1, -0.05) is 37.3 Å². The molecule has 2 N–H and O–H groups in total. The van der Waals surface area contributed by atoms with Crippen LogP contribution in [0.2, 0.25) is 0 Å². The highest BCUT2D eigenvalue weighted by Gasteiger charge is 2.63. The Labute approximate surface area is 175 Å². The summed E-state index contributed by atoms with van der Waals surface area (Å²) in [4.78, 5) is 25.4. The first-order chi connectivity index (χ1) is 14.1. The maximum Gasteiger partial charge on any atom is 0.441 e. The minimum atomic E-state index is -5.26. The molecule has 2 rings (SSSR count). The third-order valence-corrected chi connectivity index (χ3v) is 5.49. The number of ether oxygens (including phenoxy) is 1. The van der Waals surface area contributed by atoms with Crippen molar-refractivity contribution in [2.24, 2.45) is 0 Å². The molecule has 0 aliphatic rings. The number of nitrogens with one attached hydrogen (secondary N) is 2. The lowest BCUT2D eigenvalue weighted by Crippen LogP contribution is -2.69. The van der Waals surface area contributed by atoms with Crippen molar-refractivity contribution in [3.05, 3.63) is 51.9 Å². The number of thiophene rings is 1. The van der Waals surface area contributed by atoms with E-state index in [1.165, 1.54) is 0 Å². The van der Waals surface area contributed by atoms with E-state index in [2.05, 4.69) is 10.1 Å². The van der Waals surface area contributed by atoms with Gasteiger partial charge >= 0.3 is 17.8 Å². The molecule has 6 nitrogen and oxygen atoms in total. The Balaban J connectivity index is 2.51. The van der Waals surface area contributed by atoms with Gasteiger partial charge in [0.05, 0.1) is 19.1 Å². The van der Waals surface area contributed by atoms with Crippen LogP contribution in [-0.4, -0.2) is 30.8 Å². The average molecular weight is 439 g/mol. The van der Waals surface area contributed by atoms with E-state index in [9.17, 15) is 28.0 Å². The summed E-state index contributed by atoms with van der Waals surface area (Å²) in [6.45, 7) is 3.43. The molecule has 1 amide bonds. The third-order valence-electron chi connectivity index (χ3n) is 4.43. The SMILES string of the molecule is CCc1c(C)sc(NC(NC(=O)Cc2ccccc2)(C(=O)OC)C(F)(F)F)c1C#N. The summed E-state index contributed by atoms with van der Waals surface area (Å²) in [6.07, 6.45) is -5.22. The van der Waals surface area contributed by atoms with E-state index in [0.29, 0.717) is 22.4 Å². The summed E-state index contributed by atoms with van der Waals surface area (Å²) in [5.41, 5.74) is -2.52. The molecule has 1 unspecified atom stereocenters. The summed E-state index contributed by atoms with van der Waals surface area (Å²) in [6, 6.07) is 10.00. The predicted molar refractivity (Wildman–Crippen MR) is 106 cm³/mol. The third kappa shape index (κ3) is 4.57. The van der Waals surface area contributed by atoms with Crippen molar-refractivity contribution in [2.75, 3.05) is 12.4 Å². The van der Waals surface area contributed by atoms with Gasteiger partial charge in [0.25, 0.3) is 0 Å². The highest BCUT2D eigenvalue weighted by atomic mass is 32.1. The van der Waals surface area contributed by atoms with Crippen LogP contribution in [0.15, 0.2) is 30.3 Å². The topological polar surface area (TPSA) is 91.2 Å². The molecule has 0 bridgehead atoms. The number of rotatable bonds is 7. The minimum absolute atomic E-state index is 0.00478. The van der Waals surface area contributed by atoms with Gasteiger partial charge in [-0.2, -0.15) is 18.4 Å². The largest absolute Gasteiger partial charge is 0.466 e. The number of esters is 1. The quantitative estimate of drug-likeness (QED) is 0.507. The van der Waals surface area contributed by atoms with Gasteiger partial charge in [-0.05, 0) is 24.5 Å². The van der Waals surface area contributed by atoms with Crippen molar-refractivity contribution in [1.29, 1.82) is 5.26 Å². The predicted octanol–water partition coefficient (Wildman–Crippen LogP) is 3.69. The van der Waals surface area contributed by atoms with Gasteiger partial charge in [-0.25, -0.2) is 4.79 Å². The van der Waals surface area contributed by atoms with Crippen LogP contribution < -0.4 is 10.6 Å². The molecule has 0 saturated carbocycles. The van der Waals surface area contributed by atoms with Gasteiger partial charge in [0.2, 0.25) is 5.91 Å². The van der Waals surface area contributed by atoms with E-state index in [4.69, 9.17) is 0 Å². The van der Waals surface area contributed by atoms with E-state index in [1.54, 1.807) is 49.5 Å². The van der Waals surface area contributed by atoms with Gasteiger partial charge in [-0.3, -0.25) is 4.79 Å². The summed E-state index contributed by atoms with van der Waals surface area (Å²) in [5, 5.41) is 13.1. The number of nitrogens with zero attached hydrogens (tertiary/aromatic N) is 1. The number of alkyl halides is 3. The molecule has 0 aliphatic heterocycles. The number of hydrogen-bond acceptors (Lipinski definition) is 6. The zero-order chi connectivity index (χ0) is 22.5. The summed E-state index contributed by atoms with van der Waals surface area (Å²) < 4.78 is 46.9. The van der Waals surface area contributed by atoms with Crippen LogP contribution in [0.1, 0.15) is 28.5 Å². The lowest BCUT2D eigenvalue weighted by atomic mass is 10.1. The second-order valence-electron chi connectivity index (χ2n) is 6.38. The first-order valence-corrected chi connectivity index (χ1v) is 9.71. The maximum atomic E-state index is 14.2. The lowest BCUT2D eigenvalue weighted by Gasteiger charge is -2.34. The molecular formula is C20H20F3N3O3S. The van der Waals surface area contributed by atoms with Gasteiger partial charge in [0.1, 0.15) is 11.1 Å². The number of hydrogen-bond donors (Lipinski definition) is 2. The molecule has 0 saturated heterocycles. The summed E-state index contributed by atoms with van der Waals surface area (Å²) in [5.74, 6) is -2.79. The Bertz CT molecular complexity index is 967. The zero-order valence-corrected chi connectivity index (χ0v) is 17.3. The fourth-order valence-corrected chi connectivity index (χ4v) is 4.11. The number of aryl methyl sites for hydroxylation is 1. The molecule has 0 radical (unpaired) electrons. The molecule has 0 spiro atoms. The lowest BCUT2D eigenvalue weighted by molar-refractivity contribution is -0.206. The number of amides is 1. The van der Waals surface area contributed by atoms with Gasteiger partial charge < -0.3 is 15.4 Å². The van der Waals surface area contributed by atoms with Crippen LogP contribution in [-0.2, 0) is 27.2 Å². The van der Waals surface area contributed by atoms with E-state index < -0.39 is 23.7 Å². The summed E-state index contributed by atoms with van der Waals surface area (Å²) >= 11 is 0.899. The number of halogens is 3. The fraction of sp³-hybridized carbons (Fsp3) is 0.350. The van der Waals surface area contributed by atoms with E-state index in [0.717, 1.165) is 18.4 Å². The zero-order valence-electron chi connectivity index (χ0n) is 16.5. The Kier molecular flexibility index (Phi) is 7.10. The van der Waals surface area contributed by atoms with Gasteiger partial charge in [-0.15, -0.1) is 11.3 Å². The van der Waals surface area contributed by atoms with Crippen molar-refractivity contribution in [3.63, 3.8) is 0 Å². The molecule has 0 fully saturated rings. The highest BCUT2D eigenvalue weighted by molar-refractivity contribution is 7.16. The van der Waals surface area contributed by atoms with Crippen LogP contribution in [0.4, 0.5) is 18.2 Å². The molecule has 1 aromatic heterocycles. The molecule has 160 valence electrons. The normalized spacial score (nSPS) is 13.1. The molecule has 2 aromatic rings. The van der Waals surface area contributed by atoms with Crippen molar-refractivity contribution in [2.45, 2.75) is 38.5 Å². The van der Waals surface area contributed by atoms with Gasteiger partial charge in [0.15, 0.2) is 0 Å². The number of carbonyl (C=O) groups is 2. The molecule has 30 heavy (non-hydrogen) atoms. The van der Waals surface area contributed by atoms with E-state index >= 15 is 0 Å². The van der Waals surface area contributed by atoms with Crippen molar-refractivity contribution in [1.82, 2.24) is 5.32 Å². The molecule has 10 heteroatoms. The fourth-order valence-electron chi connectivity index (χ4n) is 2.96. The number of carbonyl (C=O) groups excluding carboxylic acids is 2. The van der Waals surface area contributed by atoms with Crippen LogP contribution in [0.25, 0.3) is 0 Å². The molecule has 0 aliphatic carbocycles. The Morgan fingerprint density at radius 2 is 1.87 bits per heavy atom. The molecule has 1 aromatic carbocycles. The van der Waals surface area contributed by atoms with E-state index in [-0.39, 0.29) is 17.0 Å². The smallest absolute Gasteiger partial charge is 0.441 e. The molecule has 1 atom stereocenters. The van der Waals surface area contributed by atoms with E-state index in [1.807, 2.05) is 6.07 Å². The van der Waals surface area contributed by atoms with Crippen molar-refractivity contribution < 1.29 is 27.5 Å². The second-order valence-corrected chi connectivity index (χ2v) is 7.61.